The Morgan fingerprint density at radius 3 is 2.69 bits per heavy atom. The molecule has 2 aliphatic heterocycles. The van der Waals surface area contributed by atoms with E-state index in [1.54, 1.807) is 0 Å². The summed E-state index contributed by atoms with van der Waals surface area (Å²) in [6, 6.07) is -0.638. The molecule has 2 atom stereocenters. The second kappa shape index (κ2) is 4.63. The Morgan fingerprint density at radius 1 is 1.50 bits per heavy atom. The average Bonchev–Trinajstić information content (AvgIpc) is 2.53. The maximum Gasteiger partial charge on any atom is 0.327 e. The fourth-order valence-electron chi connectivity index (χ4n) is 2.06. The van der Waals surface area contributed by atoms with E-state index in [-0.39, 0.29) is 11.3 Å². The van der Waals surface area contributed by atoms with Gasteiger partial charge >= 0.3 is 5.97 Å². The van der Waals surface area contributed by atoms with Crippen molar-refractivity contribution in [2.45, 2.75) is 24.8 Å². The van der Waals surface area contributed by atoms with E-state index in [9.17, 15) is 9.59 Å². The Morgan fingerprint density at radius 2 is 2.19 bits per heavy atom. The summed E-state index contributed by atoms with van der Waals surface area (Å²) in [5.41, 5.74) is 0. The lowest BCUT2D eigenvalue weighted by atomic mass is 9.98. The lowest BCUT2D eigenvalue weighted by Crippen LogP contribution is -2.49. The molecule has 0 radical (unpaired) electrons. The lowest BCUT2D eigenvalue weighted by Gasteiger charge is -2.31. The predicted molar refractivity (Wildman–Crippen MR) is 61.2 cm³/mol. The smallest absolute Gasteiger partial charge is 0.327 e. The molecule has 0 spiro atoms. The number of hydrogen-bond donors (Lipinski definition) is 2. The molecule has 5 nitrogen and oxygen atoms in total. The van der Waals surface area contributed by atoms with Crippen LogP contribution in [0.2, 0.25) is 0 Å². The summed E-state index contributed by atoms with van der Waals surface area (Å²) < 4.78 is 0. The summed E-state index contributed by atoms with van der Waals surface area (Å²) in [6.07, 6.45) is 0.474. The van der Waals surface area contributed by atoms with Crippen molar-refractivity contribution in [3.63, 3.8) is 0 Å². The molecule has 2 heterocycles. The molecule has 2 N–H and O–H groups in total. The minimum Gasteiger partial charge on any atom is -0.480 e. The molecule has 0 bridgehead atoms. The Kier molecular flexibility index (Phi) is 3.39. The standard InChI is InChI=1S/C10H16N2O3S/c1-6-12(8(5-16-6)10(14)15)9(13)2-7-3-11-4-7/h6-8,11H,2-5H2,1H3,(H,14,15). The molecule has 0 aliphatic carbocycles. The topological polar surface area (TPSA) is 69.6 Å². The van der Waals surface area contributed by atoms with Gasteiger partial charge in [0.2, 0.25) is 5.91 Å². The van der Waals surface area contributed by atoms with Gasteiger partial charge in [0.25, 0.3) is 0 Å². The highest BCUT2D eigenvalue weighted by atomic mass is 32.2. The summed E-state index contributed by atoms with van der Waals surface area (Å²) in [4.78, 5) is 24.5. The molecule has 16 heavy (non-hydrogen) atoms. The van der Waals surface area contributed by atoms with Crippen molar-refractivity contribution in [1.82, 2.24) is 10.2 Å². The number of aliphatic carboxylic acids is 1. The minimum atomic E-state index is -0.892. The van der Waals surface area contributed by atoms with Gasteiger partial charge < -0.3 is 15.3 Å². The number of carboxylic acid groups (broad SMARTS) is 1. The van der Waals surface area contributed by atoms with Gasteiger partial charge in [-0.25, -0.2) is 4.79 Å². The zero-order valence-corrected chi connectivity index (χ0v) is 10.00. The van der Waals surface area contributed by atoms with Gasteiger partial charge in [0.1, 0.15) is 6.04 Å². The zero-order valence-electron chi connectivity index (χ0n) is 9.18. The Bertz CT molecular complexity index is 306. The van der Waals surface area contributed by atoms with Crippen LogP contribution in [0.5, 0.6) is 0 Å². The number of nitrogens with one attached hydrogen (secondary N) is 1. The number of thioether (sulfide) groups is 1. The predicted octanol–water partition coefficient (Wildman–Crippen LogP) is -0.0295. The van der Waals surface area contributed by atoms with E-state index in [0.717, 1.165) is 13.1 Å². The van der Waals surface area contributed by atoms with E-state index in [1.807, 2.05) is 6.92 Å². The van der Waals surface area contributed by atoms with Gasteiger partial charge in [-0.3, -0.25) is 4.79 Å². The summed E-state index contributed by atoms with van der Waals surface area (Å²) in [5, 5.41) is 12.1. The molecule has 2 aliphatic rings. The van der Waals surface area contributed by atoms with Gasteiger partial charge in [-0.1, -0.05) is 0 Å². The van der Waals surface area contributed by atoms with Crippen LogP contribution in [0.25, 0.3) is 0 Å². The Balaban J connectivity index is 1.98. The highest BCUT2D eigenvalue weighted by Gasteiger charge is 2.40. The third-order valence-corrected chi connectivity index (χ3v) is 4.34. The summed E-state index contributed by atoms with van der Waals surface area (Å²) >= 11 is 1.53. The largest absolute Gasteiger partial charge is 0.480 e. The molecule has 0 saturated carbocycles. The van der Waals surface area contributed by atoms with Crippen LogP contribution in [-0.2, 0) is 9.59 Å². The fraction of sp³-hybridized carbons (Fsp3) is 0.800. The first-order valence-electron chi connectivity index (χ1n) is 5.46. The SMILES string of the molecule is CC1SCC(C(=O)O)N1C(=O)CC1CNC1. The Labute approximate surface area is 98.6 Å². The van der Waals surface area contributed by atoms with E-state index in [4.69, 9.17) is 5.11 Å². The van der Waals surface area contributed by atoms with Crippen LogP contribution < -0.4 is 5.32 Å². The highest BCUT2D eigenvalue weighted by Crippen LogP contribution is 2.30. The molecular weight excluding hydrogens is 228 g/mol. The van der Waals surface area contributed by atoms with Crippen molar-refractivity contribution in [1.29, 1.82) is 0 Å². The quantitative estimate of drug-likeness (QED) is 0.729. The van der Waals surface area contributed by atoms with E-state index >= 15 is 0 Å². The van der Waals surface area contributed by atoms with Gasteiger partial charge in [-0.15, -0.1) is 11.8 Å². The number of nitrogens with zero attached hydrogens (tertiary/aromatic N) is 1. The van der Waals surface area contributed by atoms with Gasteiger partial charge in [0, 0.05) is 12.2 Å². The molecule has 0 aromatic rings. The first-order chi connectivity index (χ1) is 7.59. The van der Waals surface area contributed by atoms with Crippen molar-refractivity contribution in [3.8, 4) is 0 Å². The third-order valence-electron chi connectivity index (χ3n) is 3.13. The molecule has 2 fully saturated rings. The number of carboxylic acids is 1. The van der Waals surface area contributed by atoms with Crippen LogP contribution in [0, 0.1) is 5.92 Å². The summed E-state index contributed by atoms with van der Waals surface area (Å²) in [7, 11) is 0. The molecule has 2 unspecified atom stereocenters. The first-order valence-corrected chi connectivity index (χ1v) is 6.50. The van der Waals surface area contributed by atoms with Crippen molar-refractivity contribution in [3.05, 3.63) is 0 Å². The van der Waals surface area contributed by atoms with Crippen molar-refractivity contribution < 1.29 is 14.7 Å². The fourth-order valence-corrected chi connectivity index (χ4v) is 3.25. The van der Waals surface area contributed by atoms with Crippen LogP contribution >= 0.6 is 11.8 Å². The van der Waals surface area contributed by atoms with Gasteiger partial charge in [0.15, 0.2) is 0 Å². The number of carbonyl (C=O) groups excluding carboxylic acids is 1. The van der Waals surface area contributed by atoms with E-state index in [0.29, 0.717) is 18.1 Å². The Hall–Kier alpha value is -0.750. The van der Waals surface area contributed by atoms with Crippen LogP contribution in [0.3, 0.4) is 0 Å². The maximum absolute atomic E-state index is 12.0. The molecule has 0 aromatic heterocycles. The molecule has 90 valence electrons. The van der Waals surface area contributed by atoms with Crippen molar-refractivity contribution in [2.75, 3.05) is 18.8 Å². The molecule has 0 aromatic carbocycles. The zero-order chi connectivity index (χ0) is 11.7. The van der Waals surface area contributed by atoms with Crippen molar-refractivity contribution in [2.24, 2.45) is 5.92 Å². The number of hydrogen-bond acceptors (Lipinski definition) is 4. The van der Waals surface area contributed by atoms with Gasteiger partial charge in [0.05, 0.1) is 5.37 Å². The normalized spacial score (nSPS) is 30.2. The summed E-state index contributed by atoms with van der Waals surface area (Å²) in [6.45, 7) is 3.64. The third kappa shape index (κ3) is 2.17. The molecule has 2 rings (SSSR count). The van der Waals surface area contributed by atoms with E-state index in [1.165, 1.54) is 16.7 Å². The average molecular weight is 244 g/mol. The second-order valence-corrected chi connectivity index (χ2v) is 5.66. The van der Waals surface area contributed by atoms with Crippen molar-refractivity contribution >= 4 is 23.6 Å². The van der Waals surface area contributed by atoms with E-state index in [2.05, 4.69) is 5.32 Å². The molecular formula is C10H16N2O3S. The summed E-state index contributed by atoms with van der Waals surface area (Å²) in [5.74, 6) is -0.0152. The van der Waals surface area contributed by atoms with Crippen LogP contribution in [0.15, 0.2) is 0 Å². The van der Waals surface area contributed by atoms with Gasteiger partial charge in [-0.2, -0.15) is 0 Å². The second-order valence-electron chi connectivity index (χ2n) is 4.32. The molecule has 1 amide bonds. The highest BCUT2D eigenvalue weighted by molar-refractivity contribution is 8.00. The molecule has 2 saturated heterocycles. The van der Waals surface area contributed by atoms with Crippen LogP contribution in [0.1, 0.15) is 13.3 Å². The maximum atomic E-state index is 12.0. The monoisotopic (exact) mass is 244 g/mol. The lowest BCUT2D eigenvalue weighted by molar-refractivity contribution is -0.149. The van der Waals surface area contributed by atoms with E-state index < -0.39 is 12.0 Å². The molecule has 6 heteroatoms. The number of amides is 1. The number of carbonyl (C=O) groups is 2. The van der Waals surface area contributed by atoms with Crippen LogP contribution in [0.4, 0.5) is 0 Å². The van der Waals surface area contributed by atoms with Crippen LogP contribution in [-0.4, -0.2) is 52.1 Å². The minimum absolute atomic E-state index is 0.0124. The first kappa shape index (κ1) is 11.7. The number of rotatable bonds is 3. The van der Waals surface area contributed by atoms with Gasteiger partial charge in [-0.05, 0) is 25.9 Å².